The molecule has 2 aromatic rings. The van der Waals surface area contributed by atoms with Crippen LogP contribution in [0.2, 0.25) is 0 Å². The molecule has 32 heavy (non-hydrogen) atoms. The number of carbonyl (C=O) groups is 2. The molecule has 0 atom stereocenters. The second-order valence-electron chi connectivity index (χ2n) is 9.20. The van der Waals surface area contributed by atoms with Crippen molar-refractivity contribution in [1.29, 1.82) is 0 Å². The van der Waals surface area contributed by atoms with Gasteiger partial charge in [0, 0.05) is 51.8 Å². The van der Waals surface area contributed by atoms with E-state index in [-0.39, 0.29) is 11.6 Å². The molecule has 0 spiro atoms. The molecular formula is C26H32N4O2. The van der Waals surface area contributed by atoms with E-state index in [0.717, 1.165) is 67.2 Å². The summed E-state index contributed by atoms with van der Waals surface area (Å²) in [5.41, 5.74) is 5.65. The third kappa shape index (κ3) is 5.13. The number of ketones is 2. The topological polar surface area (TPSA) is 66.4 Å². The predicted octanol–water partition coefficient (Wildman–Crippen LogP) is 3.95. The first-order chi connectivity index (χ1) is 15.4. The van der Waals surface area contributed by atoms with Crippen LogP contribution in [-0.2, 0) is 17.8 Å². The van der Waals surface area contributed by atoms with Gasteiger partial charge in [-0.2, -0.15) is 0 Å². The molecule has 2 aliphatic rings. The Morgan fingerprint density at radius 2 is 1.88 bits per heavy atom. The summed E-state index contributed by atoms with van der Waals surface area (Å²) in [5.74, 6) is 0.671. The number of carbonyl (C=O) groups excluding carboxylic acids is 2. The van der Waals surface area contributed by atoms with Crippen molar-refractivity contribution in [3.63, 3.8) is 0 Å². The van der Waals surface area contributed by atoms with Crippen LogP contribution in [0.25, 0.3) is 6.08 Å². The summed E-state index contributed by atoms with van der Waals surface area (Å²) in [4.78, 5) is 38.2. The maximum Gasteiger partial charge on any atom is 0.181 e. The van der Waals surface area contributed by atoms with Gasteiger partial charge < -0.3 is 4.90 Å². The number of fused-ring (bicyclic) bond motifs is 1. The molecule has 1 fully saturated rings. The van der Waals surface area contributed by atoms with Crippen molar-refractivity contribution >= 4 is 23.3 Å². The lowest BCUT2D eigenvalue weighted by Crippen LogP contribution is -2.46. The Balaban J connectivity index is 1.33. The lowest BCUT2D eigenvalue weighted by Gasteiger charge is -2.36. The van der Waals surface area contributed by atoms with Crippen LogP contribution in [0.15, 0.2) is 36.2 Å². The van der Waals surface area contributed by atoms with Crippen molar-refractivity contribution in [2.45, 2.75) is 46.6 Å². The van der Waals surface area contributed by atoms with Crippen LogP contribution in [0.1, 0.15) is 60.9 Å². The number of pyridine rings is 2. The summed E-state index contributed by atoms with van der Waals surface area (Å²) in [6, 6.07) is 6.01. The fourth-order valence-corrected chi connectivity index (χ4v) is 4.40. The van der Waals surface area contributed by atoms with Crippen LogP contribution in [0.3, 0.4) is 0 Å². The largest absolute Gasteiger partial charge is 0.368 e. The monoisotopic (exact) mass is 432 g/mol. The third-order valence-corrected chi connectivity index (χ3v) is 6.23. The van der Waals surface area contributed by atoms with Gasteiger partial charge in [-0.25, -0.2) is 0 Å². The maximum atomic E-state index is 12.2. The maximum absolute atomic E-state index is 12.2. The van der Waals surface area contributed by atoms with Crippen LogP contribution in [-0.4, -0.2) is 52.6 Å². The molecule has 1 aliphatic carbocycles. The fourth-order valence-electron chi connectivity index (χ4n) is 4.40. The molecule has 6 nitrogen and oxygen atoms in total. The van der Waals surface area contributed by atoms with Crippen molar-refractivity contribution in [3.05, 3.63) is 58.7 Å². The molecule has 1 saturated heterocycles. The lowest BCUT2D eigenvalue weighted by atomic mass is 9.92. The normalized spacial score (nSPS) is 16.8. The average molecular weight is 433 g/mol. The number of hydrogen-bond acceptors (Lipinski definition) is 6. The summed E-state index contributed by atoms with van der Waals surface area (Å²) >= 11 is 0. The highest BCUT2D eigenvalue weighted by Gasteiger charge is 2.21. The minimum Gasteiger partial charge on any atom is -0.368 e. The van der Waals surface area contributed by atoms with Gasteiger partial charge in [0.2, 0.25) is 0 Å². The first-order valence-corrected chi connectivity index (χ1v) is 11.6. The molecule has 3 heterocycles. The highest BCUT2D eigenvalue weighted by Crippen LogP contribution is 2.24. The van der Waals surface area contributed by atoms with Crippen LogP contribution < -0.4 is 4.90 Å². The molecule has 0 aromatic carbocycles. The number of aromatic nitrogens is 2. The zero-order valence-electron chi connectivity index (χ0n) is 19.3. The Morgan fingerprint density at radius 1 is 1.09 bits per heavy atom. The van der Waals surface area contributed by atoms with E-state index in [0.29, 0.717) is 24.5 Å². The summed E-state index contributed by atoms with van der Waals surface area (Å²) < 4.78 is 0. The molecule has 0 bridgehead atoms. The molecule has 0 radical (unpaired) electrons. The number of allylic oxidation sites excluding steroid dienone is 1. The van der Waals surface area contributed by atoms with Crippen molar-refractivity contribution in [1.82, 2.24) is 14.9 Å². The Bertz CT molecular complexity index is 1020. The zero-order valence-corrected chi connectivity index (χ0v) is 19.3. The number of anilines is 1. The van der Waals surface area contributed by atoms with Crippen LogP contribution >= 0.6 is 0 Å². The molecule has 4 rings (SSSR count). The van der Waals surface area contributed by atoms with E-state index < -0.39 is 0 Å². The predicted molar refractivity (Wildman–Crippen MR) is 127 cm³/mol. The molecule has 168 valence electrons. The Morgan fingerprint density at radius 3 is 2.53 bits per heavy atom. The standard InChI is InChI=1S/C26H32N4O2/c1-4-20-13-24-21(14-25(20)31)12-19(15-27-24)17-29-7-9-30(10-8-29)22-5-6-23(28-16-22)26(32)11-18(2)3/h5-6,12-13,15-16,18H,4,7-11,14,17H2,1-3H3. The number of rotatable bonds is 7. The van der Waals surface area contributed by atoms with Gasteiger partial charge in [-0.3, -0.25) is 24.5 Å². The van der Waals surface area contributed by atoms with Crippen LogP contribution in [0.5, 0.6) is 0 Å². The highest BCUT2D eigenvalue weighted by atomic mass is 16.1. The van der Waals surface area contributed by atoms with E-state index in [4.69, 9.17) is 0 Å². The lowest BCUT2D eigenvalue weighted by molar-refractivity contribution is -0.115. The van der Waals surface area contributed by atoms with Gasteiger partial charge in [0.1, 0.15) is 5.69 Å². The van der Waals surface area contributed by atoms with E-state index in [1.165, 1.54) is 0 Å². The van der Waals surface area contributed by atoms with Crippen molar-refractivity contribution in [2.75, 3.05) is 31.1 Å². The molecular weight excluding hydrogens is 400 g/mol. The Hall–Kier alpha value is -2.86. The number of nitrogens with zero attached hydrogens (tertiary/aromatic N) is 4. The number of piperazine rings is 1. The van der Waals surface area contributed by atoms with Crippen molar-refractivity contribution < 1.29 is 9.59 Å². The summed E-state index contributed by atoms with van der Waals surface area (Å²) in [6.07, 6.45) is 7.48. The van der Waals surface area contributed by atoms with E-state index in [1.54, 1.807) is 0 Å². The third-order valence-electron chi connectivity index (χ3n) is 6.23. The number of Topliss-reactive ketones (excluding diaryl/α,β-unsaturated/α-hetero) is 2. The summed E-state index contributed by atoms with van der Waals surface area (Å²) in [7, 11) is 0. The first kappa shape index (κ1) is 22.3. The van der Waals surface area contributed by atoms with Crippen LogP contribution in [0.4, 0.5) is 5.69 Å². The molecule has 0 unspecified atom stereocenters. The molecule has 0 amide bonds. The van der Waals surface area contributed by atoms with Gasteiger partial charge >= 0.3 is 0 Å². The van der Waals surface area contributed by atoms with Crippen molar-refractivity contribution in [2.24, 2.45) is 5.92 Å². The van der Waals surface area contributed by atoms with Gasteiger partial charge in [0.25, 0.3) is 0 Å². The SMILES string of the molecule is CCC1=Cc2ncc(CN3CCN(c4ccc(C(=O)CC(C)C)nc4)CC3)cc2CC1=O. The highest BCUT2D eigenvalue weighted by molar-refractivity contribution is 6.03. The summed E-state index contributed by atoms with van der Waals surface area (Å²) in [5, 5.41) is 0. The Kier molecular flexibility index (Phi) is 6.80. The Labute approximate surface area is 190 Å². The quantitative estimate of drug-likeness (QED) is 0.618. The first-order valence-electron chi connectivity index (χ1n) is 11.6. The van der Waals surface area contributed by atoms with E-state index in [2.05, 4.69) is 25.8 Å². The molecule has 6 heteroatoms. The van der Waals surface area contributed by atoms with Crippen LogP contribution in [0, 0.1) is 5.92 Å². The van der Waals surface area contributed by atoms with Gasteiger partial charge in [0.15, 0.2) is 11.6 Å². The average Bonchev–Trinajstić information content (AvgIpc) is 2.79. The number of hydrogen-bond donors (Lipinski definition) is 0. The second-order valence-corrected chi connectivity index (χ2v) is 9.20. The van der Waals surface area contributed by atoms with E-state index in [9.17, 15) is 9.59 Å². The van der Waals surface area contributed by atoms with E-state index >= 15 is 0 Å². The second kappa shape index (κ2) is 9.74. The van der Waals surface area contributed by atoms with Gasteiger partial charge in [-0.1, -0.05) is 26.8 Å². The fraction of sp³-hybridized carbons (Fsp3) is 0.462. The van der Waals surface area contributed by atoms with Gasteiger partial charge in [-0.05, 0) is 47.2 Å². The van der Waals surface area contributed by atoms with E-state index in [1.807, 2.05) is 51.4 Å². The summed E-state index contributed by atoms with van der Waals surface area (Å²) in [6.45, 7) is 10.7. The van der Waals surface area contributed by atoms with Gasteiger partial charge in [-0.15, -0.1) is 0 Å². The molecule has 2 aromatic heterocycles. The van der Waals surface area contributed by atoms with Gasteiger partial charge in [0.05, 0.1) is 17.6 Å². The molecule has 0 N–H and O–H groups in total. The molecule has 0 saturated carbocycles. The smallest absolute Gasteiger partial charge is 0.181 e. The molecule has 1 aliphatic heterocycles. The zero-order chi connectivity index (χ0) is 22.7. The minimum absolute atomic E-state index is 0.109. The minimum atomic E-state index is 0.109. The van der Waals surface area contributed by atoms with Crippen molar-refractivity contribution in [3.8, 4) is 0 Å².